The van der Waals surface area contributed by atoms with Crippen LogP contribution in [0.1, 0.15) is 36.0 Å². The third kappa shape index (κ3) is 3.18. The number of ether oxygens (including phenoxy) is 1. The average Bonchev–Trinajstić information content (AvgIpc) is 3.24. The minimum Gasteiger partial charge on any atom is -0.497 e. The molecule has 0 saturated carbocycles. The number of carbonyl (C=O) groups is 2. The number of aromatic amines is 1. The minimum absolute atomic E-state index is 0.0230. The summed E-state index contributed by atoms with van der Waals surface area (Å²) >= 11 is 0. The fraction of sp³-hybridized carbons (Fsp3) is 0.500. The number of hydrogen-bond donors (Lipinski definition) is 1. The summed E-state index contributed by atoms with van der Waals surface area (Å²) in [4.78, 5) is 29.8. The number of rotatable bonds is 3. The van der Waals surface area contributed by atoms with Crippen molar-refractivity contribution in [2.24, 2.45) is 11.8 Å². The molecule has 29 heavy (non-hydrogen) atoms. The number of likely N-dealkylation sites (tertiary alicyclic amines) is 1. The lowest BCUT2D eigenvalue weighted by Crippen LogP contribution is -2.61. The number of aromatic nitrogens is 2. The summed E-state index contributed by atoms with van der Waals surface area (Å²) in [6.45, 7) is 2.22. The molecule has 3 aliphatic heterocycles. The molecule has 7 heteroatoms. The first-order chi connectivity index (χ1) is 14.1. The molecule has 3 fully saturated rings. The summed E-state index contributed by atoms with van der Waals surface area (Å²) in [5, 5.41) is 7.14. The highest BCUT2D eigenvalue weighted by molar-refractivity contribution is 5.99. The smallest absolute Gasteiger partial charge is 0.257 e. The lowest BCUT2D eigenvalue weighted by Gasteiger charge is -2.52. The summed E-state index contributed by atoms with van der Waals surface area (Å²) in [5.74, 6) is 1.85. The maximum atomic E-state index is 13.4. The molecule has 3 saturated heterocycles. The molecular formula is C22H26N4O3. The van der Waals surface area contributed by atoms with Crippen molar-refractivity contribution >= 4 is 11.8 Å². The van der Waals surface area contributed by atoms with E-state index >= 15 is 0 Å². The van der Waals surface area contributed by atoms with Crippen LogP contribution in [0.3, 0.4) is 0 Å². The fourth-order valence-corrected chi connectivity index (χ4v) is 5.37. The lowest BCUT2D eigenvalue weighted by molar-refractivity contribution is -0.144. The van der Waals surface area contributed by atoms with Crippen molar-refractivity contribution < 1.29 is 14.3 Å². The molecule has 0 radical (unpaired) electrons. The van der Waals surface area contributed by atoms with E-state index in [0.29, 0.717) is 42.3 Å². The molecule has 3 atom stereocenters. The van der Waals surface area contributed by atoms with E-state index in [-0.39, 0.29) is 5.91 Å². The molecule has 5 rings (SSSR count). The second-order valence-electron chi connectivity index (χ2n) is 8.46. The van der Waals surface area contributed by atoms with Crippen LogP contribution in [-0.4, -0.2) is 64.6 Å². The molecule has 3 unspecified atom stereocenters. The van der Waals surface area contributed by atoms with Crippen LogP contribution in [-0.2, 0) is 4.79 Å². The predicted octanol–water partition coefficient (Wildman–Crippen LogP) is 2.56. The molecule has 1 aromatic carbocycles. The van der Waals surface area contributed by atoms with Crippen molar-refractivity contribution in [2.45, 2.75) is 31.7 Å². The van der Waals surface area contributed by atoms with Gasteiger partial charge in [-0.15, -0.1) is 0 Å². The molecular weight excluding hydrogens is 368 g/mol. The van der Waals surface area contributed by atoms with E-state index in [1.54, 1.807) is 13.3 Å². The van der Waals surface area contributed by atoms with Gasteiger partial charge in [0.2, 0.25) is 5.91 Å². The Bertz CT molecular complexity index is 922. The highest BCUT2D eigenvalue weighted by Gasteiger charge is 2.45. The molecule has 2 amide bonds. The largest absolute Gasteiger partial charge is 0.497 e. The van der Waals surface area contributed by atoms with Gasteiger partial charge in [0.05, 0.1) is 24.6 Å². The van der Waals surface area contributed by atoms with Gasteiger partial charge < -0.3 is 14.5 Å². The Kier molecular flexibility index (Phi) is 4.53. The Morgan fingerprint density at radius 3 is 2.83 bits per heavy atom. The minimum atomic E-state index is 0.0230. The number of amides is 2. The molecule has 2 aromatic rings. The second kappa shape index (κ2) is 7.21. The van der Waals surface area contributed by atoms with Crippen molar-refractivity contribution in [1.29, 1.82) is 0 Å². The topological polar surface area (TPSA) is 78.5 Å². The second-order valence-corrected chi connectivity index (χ2v) is 8.46. The molecule has 152 valence electrons. The molecule has 1 aromatic heterocycles. The molecule has 7 nitrogen and oxygen atoms in total. The van der Waals surface area contributed by atoms with E-state index in [9.17, 15) is 9.59 Å². The van der Waals surface area contributed by atoms with Crippen molar-refractivity contribution in [3.63, 3.8) is 0 Å². The number of carbonyl (C=O) groups excluding carboxylic acids is 2. The van der Waals surface area contributed by atoms with Crippen LogP contribution in [0.4, 0.5) is 0 Å². The van der Waals surface area contributed by atoms with Gasteiger partial charge in [-0.2, -0.15) is 5.10 Å². The molecule has 4 heterocycles. The lowest BCUT2D eigenvalue weighted by atomic mass is 9.76. The van der Waals surface area contributed by atoms with Crippen molar-refractivity contribution in [3.8, 4) is 17.0 Å². The van der Waals surface area contributed by atoms with Crippen LogP contribution in [0.5, 0.6) is 5.75 Å². The number of piperidine rings is 3. The summed E-state index contributed by atoms with van der Waals surface area (Å²) in [6.07, 6.45) is 5.46. The van der Waals surface area contributed by atoms with Crippen molar-refractivity contribution in [3.05, 3.63) is 36.0 Å². The maximum Gasteiger partial charge on any atom is 0.257 e. The van der Waals surface area contributed by atoms with E-state index in [2.05, 4.69) is 15.1 Å². The van der Waals surface area contributed by atoms with E-state index in [1.807, 2.05) is 29.2 Å². The molecule has 2 bridgehead atoms. The number of nitrogens with zero attached hydrogens (tertiary/aromatic N) is 3. The zero-order chi connectivity index (χ0) is 20.0. The number of fused-ring (bicyclic) bond motifs is 4. The van der Waals surface area contributed by atoms with Gasteiger partial charge in [0, 0.05) is 37.7 Å². The zero-order valence-electron chi connectivity index (χ0n) is 16.6. The van der Waals surface area contributed by atoms with Crippen molar-refractivity contribution in [2.75, 3.05) is 26.7 Å². The first-order valence-corrected chi connectivity index (χ1v) is 10.4. The normalized spacial score (nSPS) is 26.2. The summed E-state index contributed by atoms with van der Waals surface area (Å²) in [7, 11) is 1.63. The Morgan fingerprint density at radius 2 is 2.03 bits per heavy atom. The summed E-state index contributed by atoms with van der Waals surface area (Å²) in [6, 6.07) is 7.92. The van der Waals surface area contributed by atoms with Gasteiger partial charge in [0.15, 0.2) is 0 Å². The monoisotopic (exact) mass is 394 g/mol. The number of methoxy groups -OCH3 is 1. The van der Waals surface area contributed by atoms with Crippen LogP contribution in [0.2, 0.25) is 0 Å². The number of H-pyrrole nitrogens is 1. The van der Waals surface area contributed by atoms with Crippen LogP contribution in [0.25, 0.3) is 11.3 Å². The fourth-order valence-electron chi connectivity index (χ4n) is 5.37. The average molecular weight is 394 g/mol. The van der Waals surface area contributed by atoms with Gasteiger partial charge in [-0.1, -0.05) is 0 Å². The van der Waals surface area contributed by atoms with Gasteiger partial charge >= 0.3 is 0 Å². The number of benzene rings is 1. The van der Waals surface area contributed by atoms with Gasteiger partial charge in [0.1, 0.15) is 5.75 Å². The SMILES string of the molecule is COc1ccc(-c2[nH]ncc2C(=O)N2CC3CC(C2)C2CCCC(=O)N2C3)cc1. The van der Waals surface area contributed by atoms with E-state index in [4.69, 9.17) is 4.74 Å². The Morgan fingerprint density at radius 1 is 1.21 bits per heavy atom. The van der Waals surface area contributed by atoms with Crippen LogP contribution in [0, 0.1) is 11.8 Å². The summed E-state index contributed by atoms with van der Waals surface area (Å²) in [5.41, 5.74) is 2.25. The zero-order valence-corrected chi connectivity index (χ0v) is 16.6. The third-order valence-electron chi connectivity index (χ3n) is 6.72. The van der Waals surface area contributed by atoms with Crippen LogP contribution >= 0.6 is 0 Å². The Labute approximate surface area is 170 Å². The third-order valence-corrected chi connectivity index (χ3v) is 6.72. The molecule has 3 aliphatic rings. The van der Waals surface area contributed by atoms with Gasteiger partial charge in [-0.25, -0.2) is 0 Å². The maximum absolute atomic E-state index is 13.4. The standard InChI is InChI=1S/C22H26N4O3/c1-29-17-7-5-15(6-8-17)21-18(10-23-24-21)22(28)25-11-14-9-16(13-25)19-3-2-4-20(27)26(19)12-14/h5-8,10,14,16,19H,2-4,9,11-13H2,1H3,(H,23,24). The van der Waals surface area contributed by atoms with Crippen LogP contribution in [0.15, 0.2) is 30.5 Å². The quantitative estimate of drug-likeness (QED) is 0.868. The molecule has 1 N–H and O–H groups in total. The molecule has 0 spiro atoms. The predicted molar refractivity (Wildman–Crippen MR) is 107 cm³/mol. The molecule has 0 aliphatic carbocycles. The van der Waals surface area contributed by atoms with E-state index in [0.717, 1.165) is 49.4 Å². The number of hydrogen-bond acceptors (Lipinski definition) is 4. The van der Waals surface area contributed by atoms with Gasteiger partial charge in [-0.3, -0.25) is 14.7 Å². The van der Waals surface area contributed by atoms with Crippen molar-refractivity contribution in [1.82, 2.24) is 20.0 Å². The Hall–Kier alpha value is -2.83. The van der Waals surface area contributed by atoms with Gasteiger partial charge in [-0.05, 0) is 55.4 Å². The summed E-state index contributed by atoms with van der Waals surface area (Å²) < 4.78 is 5.22. The first-order valence-electron chi connectivity index (χ1n) is 10.4. The highest BCUT2D eigenvalue weighted by Crippen LogP contribution is 2.38. The van der Waals surface area contributed by atoms with E-state index in [1.165, 1.54) is 0 Å². The highest BCUT2D eigenvalue weighted by atomic mass is 16.5. The Balaban J connectivity index is 1.37. The number of nitrogens with one attached hydrogen (secondary N) is 1. The van der Waals surface area contributed by atoms with Gasteiger partial charge in [0.25, 0.3) is 5.91 Å². The van der Waals surface area contributed by atoms with E-state index < -0.39 is 0 Å². The first kappa shape index (κ1) is 18.2. The van der Waals surface area contributed by atoms with Crippen LogP contribution < -0.4 is 4.74 Å².